The predicted octanol–water partition coefficient (Wildman–Crippen LogP) is 1.17. The van der Waals surface area contributed by atoms with Crippen LogP contribution in [0.3, 0.4) is 0 Å². The Kier molecular flexibility index (Phi) is 4.96. The molecule has 5 nitrogen and oxygen atoms in total. The maximum atomic E-state index is 9.51. The van der Waals surface area contributed by atoms with Crippen LogP contribution in [0, 0.1) is 0 Å². The number of ether oxygens (including phenoxy) is 1. The van der Waals surface area contributed by atoms with Crippen molar-refractivity contribution in [3.63, 3.8) is 0 Å². The van der Waals surface area contributed by atoms with E-state index in [1.165, 1.54) is 0 Å². The summed E-state index contributed by atoms with van der Waals surface area (Å²) >= 11 is 0. The molecule has 1 aliphatic rings. The zero-order chi connectivity index (χ0) is 14.6. The molecular weight excluding hydrogens is 254 g/mol. The van der Waals surface area contributed by atoms with Crippen molar-refractivity contribution >= 4 is 5.82 Å². The Labute approximate surface area is 121 Å². The van der Waals surface area contributed by atoms with Gasteiger partial charge in [-0.2, -0.15) is 0 Å². The van der Waals surface area contributed by atoms with E-state index in [0.717, 1.165) is 24.5 Å². The number of nitrogens with zero attached hydrogens (tertiary/aromatic N) is 2. The summed E-state index contributed by atoms with van der Waals surface area (Å²) in [6.07, 6.45) is 1.81. The average Bonchev–Trinajstić information content (AvgIpc) is 2.44. The molecule has 2 rings (SSSR count). The molecule has 20 heavy (non-hydrogen) atoms. The van der Waals surface area contributed by atoms with E-state index in [-0.39, 0.29) is 18.2 Å². The van der Waals surface area contributed by atoms with Crippen LogP contribution in [-0.2, 0) is 11.3 Å². The molecule has 0 amide bonds. The van der Waals surface area contributed by atoms with E-state index in [1.807, 2.05) is 6.07 Å². The van der Waals surface area contributed by atoms with E-state index in [1.54, 1.807) is 6.20 Å². The molecule has 0 radical (unpaired) electrons. The van der Waals surface area contributed by atoms with Crippen LogP contribution in [0.2, 0.25) is 0 Å². The van der Waals surface area contributed by atoms with Gasteiger partial charge in [0.1, 0.15) is 5.82 Å². The summed E-state index contributed by atoms with van der Waals surface area (Å²) in [7, 11) is 0. The second kappa shape index (κ2) is 6.52. The summed E-state index contributed by atoms with van der Waals surface area (Å²) < 4.78 is 5.43. The third kappa shape index (κ3) is 3.91. The Morgan fingerprint density at radius 3 is 3.00 bits per heavy atom. The Morgan fingerprint density at radius 2 is 2.30 bits per heavy atom. The Bertz CT molecular complexity index is 431. The van der Waals surface area contributed by atoms with Gasteiger partial charge in [-0.3, -0.25) is 0 Å². The SMILES string of the molecule is CC(C)(C)NCc1cccnc1N1CCOCC1CO. The van der Waals surface area contributed by atoms with Gasteiger partial charge >= 0.3 is 0 Å². The molecule has 2 heterocycles. The van der Waals surface area contributed by atoms with Crippen molar-refractivity contribution in [2.24, 2.45) is 0 Å². The van der Waals surface area contributed by atoms with Crippen LogP contribution in [0.15, 0.2) is 18.3 Å². The van der Waals surface area contributed by atoms with Gasteiger partial charge < -0.3 is 20.1 Å². The van der Waals surface area contributed by atoms with Gasteiger partial charge in [-0.25, -0.2) is 4.98 Å². The summed E-state index contributed by atoms with van der Waals surface area (Å²) in [5.74, 6) is 0.951. The third-order valence-electron chi connectivity index (χ3n) is 3.39. The molecule has 1 fully saturated rings. The summed E-state index contributed by atoms with van der Waals surface area (Å²) in [5, 5.41) is 13.0. The van der Waals surface area contributed by atoms with Crippen LogP contribution in [0.1, 0.15) is 26.3 Å². The van der Waals surface area contributed by atoms with Gasteiger partial charge in [0.05, 0.1) is 25.9 Å². The molecule has 0 spiro atoms. The van der Waals surface area contributed by atoms with E-state index in [4.69, 9.17) is 4.74 Å². The zero-order valence-electron chi connectivity index (χ0n) is 12.6. The Balaban J connectivity index is 2.18. The molecule has 1 unspecified atom stereocenters. The van der Waals surface area contributed by atoms with Gasteiger partial charge in [-0.15, -0.1) is 0 Å². The van der Waals surface area contributed by atoms with Gasteiger partial charge in [0, 0.05) is 30.4 Å². The molecule has 112 valence electrons. The number of pyridine rings is 1. The van der Waals surface area contributed by atoms with Gasteiger partial charge in [0.25, 0.3) is 0 Å². The number of hydrogen-bond acceptors (Lipinski definition) is 5. The lowest BCUT2D eigenvalue weighted by Crippen LogP contribution is -2.48. The monoisotopic (exact) mass is 279 g/mol. The van der Waals surface area contributed by atoms with Gasteiger partial charge in [-0.05, 0) is 26.8 Å². The predicted molar refractivity (Wildman–Crippen MR) is 79.9 cm³/mol. The standard InChI is InChI=1S/C15H25N3O2/c1-15(2,3)17-9-12-5-4-6-16-14(12)18-7-8-20-11-13(18)10-19/h4-6,13,17,19H,7-11H2,1-3H3. The minimum absolute atomic E-state index is 0.00737. The average molecular weight is 279 g/mol. The maximum Gasteiger partial charge on any atom is 0.133 e. The maximum absolute atomic E-state index is 9.51. The zero-order valence-corrected chi connectivity index (χ0v) is 12.6. The summed E-state index contributed by atoms with van der Waals surface area (Å²) in [6.45, 7) is 9.30. The highest BCUT2D eigenvalue weighted by atomic mass is 16.5. The fourth-order valence-corrected chi connectivity index (χ4v) is 2.27. The van der Waals surface area contributed by atoms with Crippen LogP contribution in [0.25, 0.3) is 0 Å². The van der Waals surface area contributed by atoms with Crippen molar-refractivity contribution in [1.82, 2.24) is 10.3 Å². The number of nitrogens with one attached hydrogen (secondary N) is 1. The van der Waals surface area contributed by atoms with Crippen LogP contribution in [0.5, 0.6) is 0 Å². The second-order valence-corrected chi connectivity index (χ2v) is 6.19. The number of rotatable bonds is 4. The Hall–Kier alpha value is -1.17. The molecule has 1 aromatic heterocycles. The highest BCUT2D eigenvalue weighted by molar-refractivity contribution is 5.48. The Morgan fingerprint density at radius 1 is 1.50 bits per heavy atom. The van der Waals surface area contributed by atoms with E-state index < -0.39 is 0 Å². The largest absolute Gasteiger partial charge is 0.394 e. The molecule has 0 aromatic carbocycles. The quantitative estimate of drug-likeness (QED) is 0.866. The number of morpholine rings is 1. The number of anilines is 1. The van der Waals surface area contributed by atoms with Crippen LogP contribution < -0.4 is 10.2 Å². The lowest BCUT2D eigenvalue weighted by atomic mass is 10.1. The smallest absolute Gasteiger partial charge is 0.133 e. The fraction of sp³-hybridized carbons (Fsp3) is 0.667. The highest BCUT2D eigenvalue weighted by Crippen LogP contribution is 2.22. The first-order valence-electron chi connectivity index (χ1n) is 7.15. The number of hydrogen-bond donors (Lipinski definition) is 2. The van der Waals surface area contributed by atoms with E-state index >= 15 is 0 Å². The molecule has 1 atom stereocenters. The minimum atomic E-state index is -0.00737. The molecule has 1 aromatic rings. The summed E-state index contributed by atoms with van der Waals surface area (Å²) in [6, 6.07) is 4.04. The van der Waals surface area contributed by atoms with Gasteiger partial charge in [0.15, 0.2) is 0 Å². The fourth-order valence-electron chi connectivity index (χ4n) is 2.27. The topological polar surface area (TPSA) is 57.6 Å². The van der Waals surface area contributed by atoms with Crippen molar-refractivity contribution in [1.29, 1.82) is 0 Å². The van der Waals surface area contributed by atoms with Crippen LogP contribution >= 0.6 is 0 Å². The van der Waals surface area contributed by atoms with Crippen LogP contribution in [0.4, 0.5) is 5.82 Å². The molecule has 5 heteroatoms. The number of aliphatic hydroxyl groups excluding tert-OH is 1. The highest BCUT2D eigenvalue weighted by Gasteiger charge is 2.25. The normalized spacial score (nSPS) is 20.2. The van der Waals surface area contributed by atoms with E-state index in [0.29, 0.717) is 13.2 Å². The van der Waals surface area contributed by atoms with Crippen molar-refractivity contribution < 1.29 is 9.84 Å². The molecule has 0 bridgehead atoms. The van der Waals surface area contributed by atoms with Crippen molar-refractivity contribution in [3.05, 3.63) is 23.9 Å². The molecule has 2 N–H and O–H groups in total. The number of aliphatic hydroxyl groups is 1. The van der Waals surface area contributed by atoms with Crippen molar-refractivity contribution in [2.45, 2.75) is 38.9 Å². The minimum Gasteiger partial charge on any atom is -0.394 e. The van der Waals surface area contributed by atoms with Crippen LogP contribution in [-0.4, -0.2) is 48.0 Å². The molecule has 1 saturated heterocycles. The number of aromatic nitrogens is 1. The van der Waals surface area contributed by atoms with Crippen molar-refractivity contribution in [2.75, 3.05) is 31.3 Å². The lowest BCUT2D eigenvalue weighted by molar-refractivity contribution is 0.0721. The summed E-state index contributed by atoms with van der Waals surface area (Å²) in [4.78, 5) is 6.68. The summed E-state index contributed by atoms with van der Waals surface area (Å²) in [5.41, 5.74) is 1.22. The molecule has 0 aliphatic carbocycles. The third-order valence-corrected chi connectivity index (χ3v) is 3.39. The van der Waals surface area contributed by atoms with Gasteiger partial charge in [-0.1, -0.05) is 6.07 Å². The first-order chi connectivity index (χ1) is 9.51. The van der Waals surface area contributed by atoms with Gasteiger partial charge in [0.2, 0.25) is 0 Å². The first kappa shape index (κ1) is 15.2. The first-order valence-corrected chi connectivity index (χ1v) is 7.15. The molecular formula is C15H25N3O2. The van der Waals surface area contributed by atoms with Crippen molar-refractivity contribution in [3.8, 4) is 0 Å². The van der Waals surface area contributed by atoms with E-state index in [9.17, 15) is 5.11 Å². The van der Waals surface area contributed by atoms with E-state index in [2.05, 4.69) is 42.0 Å². The lowest BCUT2D eigenvalue weighted by Gasteiger charge is -2.36. The second-order valence-electron chi connectivity index (χ2n) is 6.19. The molecule has 0 saturated carbocycles. The molecule has 1 aliphatic heterocycles.